The molecule has 1 heterocycles. The third-order valence-corrected chi connectivity index (χ3v) is 8.95. The van der Waals surface area contributed by atoms with Crippen LogP contribution in [0.15, 0.2) is 109 Å². The molecule has 5 aromatic carbocycles. The normalized spacial score (nSPS) is 11.3. The number of rotatable bonds is 19. The topological polar surface area (TPSA) is 232 Å². The molecule has 0 saturated heterocycles. The number of carboxylic acids is 1. The highest BCUT2D eigenvalue weighted by Crippen LogP contribution is 2.35. The monoisotopic (exact) mass is 794 g/mol. The van der Waals surface area contributed by atoms with Gasteiger partial charge in [-0.3, -0.25) is 14.6 Å². The number of nitrogens with zero attached hydrogens (tertiary/aromatic N) is 3. The summed E-state index contributed by atoms with van der Waals surface area (Å²) in [4.78, 5) is 87.3. The molecular formula is C40H34N4O14. The molecule has 1 amide bonds. The van der Waals surface area contributed by atoms with E-state index in [1.165, 1.54) is 54.5 Å². The molecule has 2 N–H and O–H groups in total. The lowest BCUT2D eigenvalue weighted by molar-refractivity contribution is -0.763. The van der Waals surface area contributed by atoms with E-state index in [0.717, 1.165) is 10.9 Å². The number of aromatic amines is 1. The highest BCUT2D eigenvalue weighted by atomic mass is 17.2. The zero-order chi connectivity index (χ0) is 41.2. The van der Waals surface area contributed by atoms with E-state index in [-0.39, 0.29) is 47.8 Å². The summed E-state index contributed by atoms with van der Waals surface area (Å²) in [6.07, 6.45) is -0.682. The fraction of sp³-hybridized carbons (Fsp3) is 0.175. The van der Waals surface area contributed by atoms with Gasteiger partial charge in [0, 0.05) is 16.5 Å². The van der Waals surface area contributed by atoms with Crippen molar-refractivity contribution in [3.05, 3.63) is 157 Å². The van der Waals surface area contributed by atoms with Gasteiger partial charge in [0.25, 0.3) is 16.1 Å². The minimum atomic E-state index is -1.43. The maximum atomic E-state index is 14.5. The number of nitrogens with one attached hydrogen (secondary N) is 1. The summed E-state index contributed by atoms with van der Waals surface area (Å²) in [6, 6.07) is 27.3. The van der Waals surface area contributed by atoms with Gasteiger partial charge in [-0.1, -0.05) is 60.7 Å². The number of benzene rings is 5. The Morgan fingerprint density at radius 1 is 0.776 bits per heavy atom. The number of H-pyrrole nitrogens is 1. The number of methoxy groups -OCH3 is 1. The molecule has 18 heteroatoms. The Labute approximate surface area is 328 Å². The molecule has 18 nitrogen and oxygen atoms in total. The van der Waals surface area contributed by atoms with Crippen LogP contribution in [0.4, 0.5) is 0 Å². The molecule has 1 atom stereocenters. The summed E-state index contributed by atoms with van der Waals surface area (Å²) in [7, 11) is 1.45. The van der Waals surface area contributed by atoms with E-state index < -0.39 is 47.1 Å². The first kappa shape index (κ1) is 39.8. The third-order valence-electron chi connectivity index (χ3n) is 8.95. The van der Waals surface area contributed by atoms with Crippen LogP contribution in [0.25, 0.3) is 21.8 Å². The number of hydrogen-bond acceptors (Lipinski definition) is 13. The van der Waals surface area contributed by atoms with Crippen LogP contribution < -0.4 is 14.4 Å². The van der Waals surface area contributed by atoms with Gasteiger partial charge in [0.1, 0.15) is 19.8 Å². The lowest BCUT2D eigenvalue weighted by Crippen LogP contribution is -2.40. The molecule has 0 bridgehead atoms. The largest absolute Gasteiger partial charge is 0.493 e. The predicted molar refractivity (Wildman–Crippen MR) is 203 cm³/mol. The molecule has 0 spiro atoms. The van der Waals surface area contributed by atoms with E-state index in [1.807, 2.05) is 30.3 Å². The Hall–Kier alpha value is -7.89. The predicted octanol–water partition coefficient (Wildman–Crippen LogP) is 6.63. The van der Waals surface area contributed by atoms with E-state index in [4.69, 9.17) is 19.2 Å². The van der Waals surface area contributed by atoms with E-state index in [1.54, 1.807) is 36.4 Å². The van der Waals surface area contributed by atoms with Crippen LogP contribution >= 0.6 is 0 Å². The maximum Gasteiger partial charge on any atom is 0.357 e. The molecule has 0 fully saturated rings. The minimum Gasteiger partial charge on any atom is -0.493 e. The van der Waals surface area contributed by atoms with Crippen molar-refractivity contribution in [2.75, 3.05) is 20.3 Å². The maximum absolute atomic E-state index is 14.5. The molecule has 0 aliphatic heterocycles. The van der Waals surface area contributed by atoms with Gasteiger partial charge < -0.3 is 34.1 Å². The number of amides is 1. The molecule has 298 valence electrons. The zero-order valence-electron chi connectivity index (χ0n) is 30.6. The first-order valence-electron chi connectivity index (χ1n) is 17.5. The lowest BCUT2D eigenvalue weighted by Gasteiger charge is -2.33. The number of para-hydroxylation sites is 3. The first-order chi connectivity index (χ1) is 28.0. The summed E-state index contributed by atoms with van der Waals surface area (Å²) >= 11 is 0. The summed E-state index contributed by atoms with van der Waals surface area (Å²) < 4.78 is 11.4. The number of carboxylic acid groups (broad SMARTS) is 1. The Morgan fingerprint density at radius 3 is 2.12 bits per heavy atom. The fourth-order valence-electron chi connectivity index (χ4n) is 6.34. The van der Waals surface area contributed by atoms with Gasteiger partial charge in [-0.05, 0) is 65.2 Å². The molecule has 0 aliphatic carbocycles. The smallest absolute Gasteiger partial charge is 0.357 e. The number of hydrogen-bond donors (Lipinski definition) is 2. The van der Waals surface area contributed by atoms with Crippen LogP contribution in [-0.4, -0.2) is 63.3 Å². The zero-order valence-corrected chi connectivity index (χ0v) is 30.6. The first-order valence-corrected chi connectivity index (χ1v) is 17.5. The van der Waals surface area contributed by atoms with Gasteiger partial charge in [-0.25, -0.2) is 9.59 Å². The van der Waals surface area contributed by atoms with Crippen molar-refractivity contribution >= 4 is 39.7 Å². The Morgan fingerprint density at radius 2 is 1.41 bits per heavy atom. The average molecular weight is 795 g/mol. The van der Waals surface area contributed by atoms with Crippen molar-refractivity contribution < 1.29 is 58.6 Å². The number of carbonyl (C=O) groups is 3. The van der Waals surface area contributed by atoms with Crippen molar-refractivity contribution in [3.63, 3.8) is 0 Å². The molecule has 1 unspecified atom stereocenters. The quantitative estimate of drug-likeness (QED) is 0.0498. The van der Waals surface area contributed by atoms with Crippen molar-refractivity contribution in [2.24, 2.45) is 0 Å². The second-order valence-electron chi connectivity index (χ2n) is 12.5. The van der Waals surface area contributed by atoms with Crippen molar-refractivity contribution in [3.8, 4) is 17.2 Å². The van der Waals surface area contributed by atoms with Gasteiger partial charge in [-0.2, -0.15) is 0 Å². The highest BCUT2D eigenvalue weighted by Gasteiger charge is 2.33. The van der Waals surface area contributed by atoms with Crippen LogP contribution in [0.5, 0.6) is 17.2 Å². The summed E-state index contributed by atoms with van der Waals surface area (Å²) in [6.45, 7) is -1.42. The van der Waals surface area contributed by atoms with E-state index in [2.05, 4.69) is 14.7 Å². The second kappa shape index (κ2) is 18.2. The highest BCUT2D eigenvalue weighted by molar-refractivity contribution is 6.10. The SMILES string of the molecule is COc1ccccc1OCCN(C(=O)c1ccc(CO[N+](=O)[O-])cc1)C(CC(=O)OOc1cccc2[nH]c3ccccc3c12)c1cc(CO[N+](=O)[O-])ccc1C(=O)O. The van der Waals surface area contributed by atoms with Crippen LogP contribution in [0.2, 0.25) is 0 Å². The van der Waals surface area contributed by atoms with Gasteiger partial charge in [0.05, 0.1) is 42.6 Å². The molecule has 0 saturated carbocycles. The average Bonchev–Trinajstić information content (AvgIpc) is 3.61. The summed E-state index contributed by atoms with van der Waals surface area (Å²) in [5.41, 5.74) is 1.67. The van der Waals surface area contributed by atoms with Gasteiger partial charge >= 0.3 is 11.9 Å². The Bertz CT molecular complexity index is 2470. The van der Waals surface area contributed by atoms with E-state index in [9.17, 15) is 39.7 Å². The van der Waals surface area contributed by atoms with Gasteiger partial charge in [-0.15, -0.1) is 20.2 Å². The molecule has 6 aromatic rings. The lowest BCUT2D eigenvalue weighted by atomic mass is 9.93. The van der Waals surface area contributed by atoms with Crippen molar-refractivity contribution in [1.29, 1.82) is 0 Å². The standard InChI is InChI=1S/C40H34N4O14/c1-53-34-10-4-5-11-35(34)54-20-19-42(39(46)27-16-13-25(14-17-27)23-55-43(49)50)33(30-21-26(24-56-44(51)52)15-18-28(30)40(47)48)22-37(45)58-57-36-12-6-9-32-38(36)29-7-2-3-8-31(29)41-32/h2-18,21,33,41H,19-20,22-24H2,1H3,(H,47,48). The number of aromatic carboxylic acids is 1. The number of carbonyl (C=O) groups excluding carboxylic acids is 2. The van der Waals surface area contributed by atoms with Crippen LogP contribution in [-0.2, 0) is 32.6 Å². The number of ether oxygens (including phenoxy) is 2. The van der Waals surface area contributed by atoms with Gasteiger partial charge in [0.15, 0.2) is 17.2 Å². The van der Waals surface area contributed by atoms with Crippen molar-refractivity contribution in [2.45, 2.75) is 25.7 Å². The number of aromatic nitrogens is 1. The van der Waals surface area contributed by atoms with Crippen LogP contribution in [0, 0.1) is 20.2 Å². The Balaban J connectivity index is 1.39. The molecule has 58 heavy (non-hydrogen) atoms. The minimum absolute atomic E-state index is 0.0486. The van der Waals surface area contributed by atoms with Crippen LogP contribution in [0.3, 0.4) is 0 Å². The van der Waals surface area contributed by atoms with Crippen LogP contribution in [0.1, 0.15) is 49.9 Å². The van der Waals surface area contributed by atoms with Crippen molar-refractivity contribution in [1.82, 2.24) is 9.88 Å². The molecule has 6 rings (SSSR count). The third kappa shape index (κ3) is 9.48. The van der Waals surface area contributed by atoms with E-state index >= 15 is 0 Å². The molecule has 0 aliphatic rings. The van der Waals surface area contributed by atoms with Gasteiger partial charge in [0.2, 0.25) is 0 Å². The molecular weight excluding hydrogens is 760 g/mol. The second-order valence-corrected chi connectivity index (χ2v) is 12.5. The number of fused-ring (bicyclic) bond motifs is 3. The molecule has 1 aromatic heterocycles. The Kier molecular flexibility index (Phi) is 12.5. The van der Waals surface area contributed by atoms with E-state index in [0.29, 0.717) is 28.0 Å². The fourth-order valence-corrected chi connectivity index (χ4v) is 6.34. The summed E-state index contributed by atoms with van der Waals surface area (Å²) in [5.74, 6) is -2.23. The summed E-state index contributed by atoms with van der Waals surface area (Å²) in [5, 5.41) is 31.6. The molecule has 0 radical (unpaired) electrons.